The van der Waals surface area contributed by atoms with E-state index in [2.05, 4.69) is 31.8 Å². The largest absolute Gasteiger partial charge is 0.385 e. The second-order valence-corrected chi connectivity index (χ2v) is 5.32. The molecule has 0 aliphatic heterocycles. The van der Waals surface area contributed by atoms with E-state index in [1.54, 1.807) is 13.4 Å². The summed E-state index contributed by atoms with van der Waals surface area (Å²) < 4.78 is 7.10. The van der Waals surface area contributed by atoms with Crippen LogP contribution in [0, 0.1) is 6.92 Å². The van der Waals surface area contributed by atoms with Gasteiger partial charge in [0, 0.05) is 31.0 Å². The van der Waals surface area contributed by atoms with Gasteiger partial charge in [-0.1, -0.05) is 24.3 Å². The molecule has 2 aromatic heterocycles. The number of ether oxygens (including phenoxy) is 1. The molecule has 0 aliphatic carbocycles. The lowest BCUT2D eigenvalue weighted by molar-refractivity contribution is 0.190. The highest BCUT2D eigenvalue weighted by molar-refractivity contribution is 5.92. The van der Waals surface area contributed by atoms with Crippen molar-refractivity contribution in [1.82, 2.24) is 25.0 Å². The van der Waals surface area contributed by atoms with Gasteiger partial charge in [0.05, 0.1) is 12.2 Å². The average molecular weight is 312 g/mol. The van der Waals surface area contributed by atoms with Crippen LogP contribution >= 0.6 is 0 Å². The summed E-state index contributed by atoms with van der Waals surface area (Å²) in [6, 6.07) is 8.11. The Morgan fingerprint density at radius 1 is 1.13 bits per heavy atom. The SMILES string of the molecule is COCCCn1cnnc1CNc1nnc(C)c2ccccc12. The van der Waals surface area contributed by atoms with Gasteiger partial charge in [-0.15, -0.1) is 15.3 Å². The van der Waals surface area contributed by atoms with Crippen LogP contribution in [0.25, 0.3) is 10.8 Å². The van der Waals surface area contributed by atoms with E-state index in [0.29, 0.717) is 6.54 Å². The highest BCUT2D eigenvalue weighted by Crippen LogP contribution is 2.22. The number of hydrogen-bond acceptors (Lipinski definition) is 6. The lowest BCUT2D eigenvalue weighted by Gasteiger charge is -2.10. The van der Waals surface area contributed by atoms with Crippen LogP contribution in [0.2, 0.25) is 0 Å². The van der Waals surface area contributed by atoms with Crippen molar-refractivity contribution < 1.29 is 4.74 Å². The highest BCUT2D eigenvalue weighted by Gasteiger charge is 2.08. The summed E-state index contributed by atoms with van der Waals surface area (Å²) >= 11 is 0. The number of aromatic nitrogens is 5. The molecule has 0 saturated carbocycles. The Balaban J connectivity index is 1.74. The van der Waals surface area contributed by atoms with Gasteiger partial charge in [-0.25, -0.2) is 0 Å². The molecule has 2 heterocycles. The van der Waals surface area contributed by atoms with Gasteiger partial charge in [0.1, 0.15) is 6.33 Å². The third-order valence-electron chi connectivity index (χ3n) is 3.73. The van der Waals surface area contributed by atoms with Gasteiger partial charge in [0.2, 0.25) is 0 Å². The molecule has 0 saturated heterocycles. The molecule has 1 aromatic carbocycles. The summed E-state index contributed by atoms with van der Waals surface area (Å²) in [5.74, 6) is 1.63. The van der Waals surface area contributed by atoms with Crippen molar-refractivity contribution in [1.29, 1.82) is 0 Å². The lowest BCUT2D eigenvalue weighted by Crippen LogP contribution is -2.11. The minimum absolute atomic E-state index is 0.550. The van der Waals surface area contributed by atoms with Gasteiger partial charge in [-0.2, -0.15) is 5.10 Å². The van der Waals surface area contributed by atoms with Crippen LogP contribution in [0.1, 0.15) is 17.9 Å². The van der Waals surface area contributed by atoms with Crippen molar-refractivity contribution in [3.05, 3.63) is 42.1 Å². The van der Waals surface area contributed by atoms with E-state index in [1.165, 1.54) is 0 Å². The second-order valence-electron chi connectivity index (χ2n) is 5.32. The molecule has 7 heteroatoms. The fraction of sp³-hybridized carbons (Fsp3) is 0.375. The van der Waals surface area contributed by atoms with Crippen LogP contribution in [-0.4, -0.2) is 38.7 Å². The molecule has 120 valence electrons. The molecule has 0 amide bonds. The molecule has 0 bridgehead atoms. The summed E-state index contributed by atoms with van der Waals surface area (Å²) in [5.41, 5.74) is 0.925. The van der Waals surface area contributed by atoms with E-state index in [1.807, 2.05) is 29.7 Å². The Hall–Kier alpha value is -2.54. The third kappa shape index (κ3) is 3.45. The highest BCUT2D eigenvalue weighted by atomic mass is 16.5. The van der Waals surface area contributed by atoms with Crippen molar-refractivity contribution in [2.75, 3.05) is 19.0 Å². The fourth-order valence-corrected chi connectivity index (χ4v) is 2.51. The zero-order valence-electron chi connectivity index (χ0n) is 13.4. The number of hydrogen-bond donors (Lipinski definition) is 1. The number of benzene rings is 1. The van der Waals surface area contributed by atoms with E-state index in [4.69, 9.17) is 4.74 Å². The molecule has 0 radical (unpaired) electrons. The maximum Gasteiger partial charge on any atom is 0.156 e. The Morgan fingerprint density at radius 2 is 1.96 bits per heavy atom. The molecule has 3 rings (SSSR count). The summed E-state index contributed by atoms with van der Waals surface area (Å²) in [7, 11) is 1.70. The molecular weight excluding hydrogens is 292 g/mol. The van der Waals surface area contributed by atoms with Crippen LogP contribution in [-0.2, 0) is 17.8 Å². The Bertz CT molecular complexity index is 785. The van der Waals surface area contributed by atoms with Crippen LogP contribution in [0.4, 0.5) is 5.82 Å². The number of aryl methyl sites for hydroxylation is 2. The standard InChI is InChI=1S/C16H20N6O/c1-12-13-6-3-4-7-14(13)16(21-19-12)17-10-15-20-18-11-22(15)8-5-9-23-2/h3-4,6-7,11H,5,8-10H2,1-2H3,(H,17,21). The van der Waals surface area contributed by atoms with Gasteiger partial charge in [0.25, 0.3) is 0 Å². The Morgan fingerprint density at radius 3 is 2.78 bits per heavy atom. The number of methoxy groups -OCH3 is 1. The number of anilines is 1. The number of nitrogens with one attached hydrogen (secondary N) is 1. The molecule has 1 N–H and O–H groups in total. The van der Waals surface area contributed by atoms with E-state index in [0.717, 1.165) is 47.7 Å². The molecule has 23 heavy (non-hydrogen) atoms. The fourth-order valence-electron chi connectivity index (χ4n) is 2.51. The predicted molar refractivity (Wildman–Crippen MR) is 88.1 cm³/mol. The number of nitrogens with zero attached hydrogens (tertiary/aromatic N) is 5. The minimum atomic E-state index is 0.550. The first-order chi connectivity index (χ1) is 11.3. The van der Waals surface area contributed by atoms with E-state index in [-0.39, 0.29) is 0 Å². The van der Waals surface area contributed by atoms with Crippen molar-refractivity contribution >= 4 is 16.6 Å². The predicted octanol–water partition coefficient (Wildman–Crippen LogP) is 2.18. The van der Waals surface area contributed by atoms with Gasteiger partial charge >= 0.3 is 0 Å². The van der Waals surface area contributed by atoms with Crippen LogP contribution < -0.4 is 5.32 Å². The summed E-state index contributed by atoms with van der Waals surface area (Å²) in [6.45, 7) is 4.07. The van der Waals surface area contributed by atoms with E-state index < -0.39 is 0 Å². The van der Waals surface area contributed by atoms with Crippen molar-refractivity contribution in [2.24, 2.45) is 0 Å². The van der Waals surface area contributed by atoms with Crippen LogP contribution in [0.3, 0.4) is 0 Å². The first-order valence-corrected chi connectivity index (χ1v) is 7.61. The molecule has 0 spiro atoms. The summed E-state index contributed by atoms with van der Waals surface area (Å²) in [5, 5.41) is 22.1. The normalized spacial score (nSPS) is 11.0. The maximum atomic E-state index is 5.08. The van der Waals surface area contributed by atoms with Crippen molar-refractivity contribution in [3.63, 3.8) is 0 Å². The molecule has 0 fully saturated rings. The third-order valence-corrected chi connectivity index (χ3v) is 3.73. The Labute approximate surface area is 134 Å². The van der Waals surface area contributed by atoms with Gasteiger partial charge in [0.15, 0.2) is 11.6 Å². The van der Waals surface area contributed by atoms with E-state index >= 15 is 0 Å². The van der Waals surface area contributed by atoms with Gasteiger partial charge in [-0.05, 0) is 13.3 Å². The first kappa shape index (κ1) is 15.4. The van der Waals surface area contributed by atoms with Crippen LogP contribution in [0.15, 0.2) is 30.6 Å². The quantitative estimate of drug-likeness (QED) is 0.674. The van der Waals surface area contributed by atoms with Crippen molar-refractivity contribution in [3.8, 4) is 0 Å². The topological polar surface area (TPSA) is 77.8 Å². The number of fused-ring (bicyclic) bond motifs is 1. The second kappa shape index (κ2) is 7.15. The minimum Gasteiger partial charge on any atom is -0.385 e. The summed E-state index contributed by atoms with van der Waals surface area (Å²) in [6.07, 6.45) is 2.67. The molecule has 7 nitrogen and oxygen atoms in total. The lowest BCUT2D eigenvalue weighted by atomic mass is 10.1. The monoisotopic (exact) mass is 312 g/mol. The first-order valence-electron chi connectivity index (χ1n) is 7.61. The smallest absolute Gasteiger partial charge is 0.156 e. The van der Waals surface area contributed by atoms with Gasteiger partial charge < -0.3 is 14.6 Å². The summed E-state index contributed by atoms with van der Waals surface area (Å²) in [4.78, 5) is 0. The Kier molecular flexibility index (Phi) is 4.77. The molecule has 0 aliphatic rings. The molecular formula is C16H20N6O. The molecule has 0 atom stereocenters. The molecule has 0 unspecified atom stereocenters. The number of rotatable bonds is 7. The van der Waals surface area contributed by atoms with Crippen molar-refractivity contribution in [2.45, 2.75) is 26.4 Å². The maximum absolute atomic E-state index is 5.08. The van der Waals surface area contributed by atoms with Crippen LogP contribution in [0.5, 0.6) is 0 Å². The van der Waals surface area contributed by atoms with Gasteiger partial charge in [-0.3, -0.25) is 0 Å². The zero-order valence-corrected chi connectivity index (χ0v) is 13.4. The zero-order chi connectivity index (χ0) is 16.1. The molecule has 3 aromatic rings. The average Bonchev–Trinajstić information content (AvgIpc) is 3.02. The van der Waals surface area contributed by atoms with E-state index in [9.17, 15) is 0 Å².